The average molecular weight is 382 g/mol. The summed E-state index contributed by atoms with van der Waals surface area (Å²) in [6.45, 7) is 0.915. The Labute approximate surface area is 163 Å². The summed E-state index contributed by atoms with van der Waals surface area (Å²) in [5.41, 5.74) is 1.54. The third-order valence-electron chi connectivity index (χ3n) is 3.90. The van der Waals surface area contributed by atoms with E-state index in [0.29, 0.717) is 24.4 Å². The van der Waals surface area contributed by atoms with Gasteiger partial charge in [-0.1, -0.05) is 30.2 Å². The molecule has 27 heavy (non-hydrogen) atoms. The monoisotopic (exact) mass is 382 g/mol. The molecular formula is C21H22N2O3S. The number of hydrogen-bond donors (Lipinski definition) is 2. The Hall–Kier alpha value is -2.91. The fraction of sp³-hybridized carbons (Fsp3) is 0.286. The van der Waals surface area contributed by atoms with Gasteiger partial charge in [0.1, 0.15) is 0 Å². The summed E-state index contributed by atoms with van der Waals surface area (Å²) < 4.78 is 0. The number of carbonyl (C=O) groups is 3. The summed E-state index contributed by atoms with van der Waals surface area (Å²) in [6, 6.07) is 10.9. The van der Waals surface area contributed by atoms with Crippen molar-refractivity contribution in [3.63, 3.8) is 0 Å². The summed E-state index contributed by atoms with van der Waals surface area (Å²) in [5.74, 6) is 2.29. The van der Waals surface area contributed by atoms with Gasteiger partial charge in [-0.25, -0.2) is 0 Å². The molecule has 1 aromatic carbocycles. The maximum Gasteiger partial charge on any atom is 0.224 e. The maximum absolute atomic E-state index is 12.0. The summed E-state index contributed by atoms with van der Waals surface area (Å²) >= 11 is 1.38. The lowest BCUT2D eigenvalue weighted by atomic mass is 10.0. The highest BCUT2D eigenvalue weighted by Crippen LogP contribution is 2.12. The lowest BCUT2D eigenvalue weighted by Gasteiger charge is -2.08. The number of rotatable bonds is 10. The van der Waals surface area contributed by atoms with Crippen molar-refractivity contribution in [2.75, 3.05) is 13.1 Å². The van der Waals surface area contributed by atoms with E-state index in [2.05, 4.69) is 16.6 Å². The standard InChI is InChI=1S/C21H22N2O3S/c1-2-16-7-3-4-8-17(16)15-21(26)23-13-6-12-22-20(25)11-10-18(24)19-9-5-14-27-19/h1,3-5,7-9,14H,6,10-13,15H2,(H,22,25)(H,23,26). The van der Waals surface area contributed by atoms with Crippen LogP contribution in [0, 0.1) is 12.3 Å². The number of thiophene rings is 1. The second kappa shape index (κ2) is 10.9. The Morgan fingerprint density at radius 1 is 0.963 bits per heavy atom. The average Bonchev–Trinajstić information content (AvgIpc) is 3.21. The molecule has 0 radical (unpaired) electrons. The Morgan fingerprint density at radius 2 is 1.70 bits per heavy atom. The van der Waals surface area contributed by atoms with Crippen molar-refractivity contribution >= 4 is 28.9 Å². The van der Waals surface area contributed by atoms with Crippen molar-refractivity contribution in [2.45, 2.75) is 25.7 Å². The second-order valence-corrected chi connectivity index (χ2v) is 6.88. The Morgan fingerprint density at radius 3 is 2.41 bits per heavy atom. The number of Topliss-reactive ketones (excluding diaryl/α,β-unsaturated/α-hetero) is 1. The van der Waals surface area contributed by atoms with E-state index in [1.807, 2.05) is 29.6 Å². The van der Waals surface area contributed by atoms with Crippen LogP contribution in [0.3, 0.4) is 0 Å². The van der Waals surface area contributed by atoms with Gasteiger partial charge in [-0.2, -0.15) is 0 Å². The predicted octanol–water partition coefficient (Wildman–Crippen LogP) is 2.56. The van der Waals surface area contributed by atoms with Crippen LogP contribution in [-0.2, 0) is 16.0 Å². The highest BCUT2D eigenvalue weighted by molar-refractivity contribution is 7.12. The van der Waals surface area contributed by atoms with Gasteiger partial charge < -0.3 is 10.6 Å². The molecule has 1 heterocycles. The van der Waals surface area contributed by atoms with Crippen LogP contribution in [0.1, 0.15) is 40.1 Å². The van der Waals surface area contributed by atoms with Gasteiger partial charge in [0, 0.05) is 31.5 Å². The number of carbonyl (C=O) groups excluding carboxylic acids is 3. The highest BCUT2D eigenvalue weighted by Gasteiger charge is 2.10. The molecule has 2 aromatic rings. The molecule has 6 heteroatoms. The normalized spacial score (nSPS) is 10.0. The Bertz CT molecular complexity index is 822. The third-order valence-corrected chi connectivity index (χ3v) is 4.81. The Balaban J connectivity index is 1.57. The molecule has 1 aromatic heterocycles. The van der Waals surface area contributed by atoms with Crippen molar-refractivity contribution in [1.29, 1.82) is 0 Å². The fourth-order valence-electron chi connectivity index (χ4n) is 2.47. The van der Waals surface area contributed by atoms with Gasteiger partial charge in [-0.15, -0.1) is 17.8 Å². The van der Waals surface area contributed by atoms with E-state index in [0.717, 1.165) is 11.1 Å². The zero-order chi connectivity index (χ0) is 19.5. The third kappa shape index (κ3) is 7.08. The molecule has 0 aliphatic heterocycles. The first-order valence-electron chi connectivity index (χ1n) is 8.74. The topological polar surface area (TPSA) is 75.3 Å². The van der Waals surface area contributed by atoms with Gasteiger partial charge in [0.2, 0.25) is 11.8 Å². The van der Waals surface area contributed by atoms with Crippen molar-refractivity contribution in [1.82, 2.24) is 10.6 Å². The van der Waals surface area contributed by atoms with Crippen LogP contribution in [0.25, 0.3) is 0 Å². The number of ketones is 1. The van der Waals surface area contributed by atoms with Crippen molar-refractivity contribution in [3.8, 4) is 12.3 Å². The summed E-state index contributed by atoms with van der Waals surface area (Å²) in [6.07, 6.45) is 6.65. The summed E-state index contributed by atoms with van der Waals surface area (Å²) in [5, 5.41) is 7.41. The number of terminal acetylenes is 1. The SMILES string of the molecule is C#Cc1ccccc1CC(=O)NCCCNC(=O)CCC(=O)c1cccs1. The second-order valence-electron chi connectivity index (χ2n) is 5.93. The van der Waals surface area contributed by atoms with Crippen molar-refractivity contribution in [2.24, 2.45) is 0 Å². The van der Waals surface area contributed by atoms with Crippen LogP contribution in [0.15, 0.2) is 41.8 Å². The molecule has 0 unspecified atom stereocenters. The van der Waals surface area contributed by atoms with Gasteiger partial charge >= 0.3 is 0 Å². The van der Waals surface area contributed by atoms with Crippen LogP contribution in [0.4, 0.5) is 0 Å². The molecule has 0 saturated carbocycles. The number of hydrogen-bond acceptors (Lipinski definition) is 4. The smallest absolute Gasteiger partial charge is 0.224 e. The summed E-state index contributed by atoms with van der Waals surface area (Å²) in [7, 11) is 0. The van der Waals surface area contributed by atoms with E-state index in [1.54, 1.807) is 12.1 Å². The molecule has 0 aliphatic rings. The summed E-state index contributed by atoms with van der Waals surface area (Å²) in [4.78, 5) is 36.2. The lowest BCUT2D eigenvalue weighted by molar-refractivity contribution is -0.121. The molecule has 2 N–H and O–H groups in total. The minimum atomic E-state index is -0.158. The molecule has 140 valence electrons. The molecule has 0 aliphatic carbocycles. The molecule has 2 rings (SSSR count). The molecular weight excluding hydrogens is 360 g/mol. The van der Waals surface area contributed by atoms with Gasteiger partial charge in [0.15, 0.2) is 5.78 Å². The van der Waals surface area contributed by atoms with Gasteiger partial charge in [0.05, 0.1) is 11.3 Å². The molecule has 2 amide bonds. The van der Waals surface area contributed by atoms with Crippen LogP contribution >= 0.6 is 11.3 Å². The first-order chi connectivity index (χ1) is 13.1. The largest absolute Gasteiger partial charge is 0.356 e. The molecule has 0 bridgehead atoms. The zero-order valence-corrected chi connectivity index (χ0v) is 15.8. The van der Waals surface area contributed by atoms with Gasteiger partial charge in [0.25, 0.3) is 0 Å². The van der Waals surface area contributed by atoms with Gasteiger partial charge in [-0.3, -0.25) is 14.4 Å². The first-order valence-corrected chi connectivity index (χ1v) is 9.62. The van der Waals surface area contributed by atoms with E-state index < -0.39 is 0 Å². The van der Waals surface area contributed by atoms with E-state index in [4.69, 9.17) is 6.42 Å². The minimum absolute atomic E-state index is 0.0142. The highest BCUT2D eigenvalue weighted by atomic mass is 32.1. The van der Waals surface area contributed by atoms with Crippen LogP contribution in [0.2, 0.25) is 0 Å². The molecule has 5 nitrogen and oxygen atoms in total. The van der Waals surface area contributed by atoms with Crippen LogP contribution < -0.4 is 10.6 Å². The van der Waals surface area contributed by atoms with Gasteiger partial charge in [-0.05, 0) is 29.5 Å². The predicted molar refractivity (Wildman–Crippen MR) is 107 cm³/mol. The maximum atomic E-state index is 12.0. The fourth-order valence-corrected chi connectivity index (χ4v) is 3.17. The van der Waals surface area contributed by atoms with Crippen LogP contribution in [-0.4, -0.2) is 30.7 Å². The number of benzene rings is 1. The van der Waals surface area contributed by atoms with Crippen molar-refractivity contribution in [3.05, 3.63) is 57.8 Å². The Kier molecular flexibility index (Phi) is 8.27. The minimum Gasteiger partial charge on any atom is -0.356 e. The molecule has 0 saturated heterocycles. The molecule has 0 spiro atoms. The molecule has 0 fully saturated rings. The quantitative estimate of drug-likeness (QED) is 0.377. The van der Waals surface area contributed by atoms with Crippen molar-refractivity contribution < 1.29 is 14.4 Å². The van der Waals surface area contributed by atoms with E-state index in [9.17, 15) is 14.4 Å². The first kappa shape index (κ1) is 20.4. The lowest BCUT2D eigenvalue weighted by Crippen LogP contribution is -2.30. The van der Waals surface area contributed by atoms with E-state index >= 15 is 0 Å². The molecule has 0 atom stereocenters. The number of amides is 2. The van der Waals surface area contributed by atoms with Crippen LogP contribution in [0.5, 0.6) is 0 Å². The number of nitrogens with one attached hydrogen (secondary N) is 2. The van der Waals surface area contributed by atoms with E-state index in [-0.39, 0.29) is 36.9 Å². The van der Waals surface area contributed by atoms with E-state index in [1.165, 1.54) is 11.3 Å². The zero-order valence-electron chi connectivity index (χ0n) is 15.0.